The molecule has 0 fully saturated rings. The van der Waals surface area contributed by atoms with Crippen molar-refractivity contribution in [1.29, 1.82) is 0 Å². The van der Waals surface area contributed by atoms with E-state index >= 15 is 0 Å². The van der Waals surface area contributed by atoms with Gasteiger partial charge in [0.25, 0.3) is 0 Å². The Morgan fingerprint density at radius 1 is 0.556 bits per heavy atom. The van der Waals surface area contributed by atoms with Crippen molar-refractivity contribution in [3.8, 4) is 28.7 Å². The summed E-state index contributed by atoms with van der Waals surface area (Å²) in [5.41, 5.74) is 3.15. The molecule has 7 rings (SSSR count). The van der Waals surface area contributed by atoms with E-state index in [1.165, 1.54) is 24.3 Å². The zero-order chi connectivity index (χ0) is 30.8. The lowest BCUT2D eigenvalue weighted by molar-refractivity contribution is 0.283. The molecule has 0 unspecified atom stereocenters. The van der Waals surface area contributed by atoms with Crippen LogP contribution in [0.4, 0.5) is 20.2 Å². The normalized spacial score (nSPS) is 14.0. The first kappa shape index (κ1) is 28.6. The Labute approximate surface area is 258 Å². The summed E-state index contributed by atoms with van der Waals surface area (Å²) in [5.74, 6) is 1.47. The molecule has 45 heavy (non-hydrogen) atoms. The fourth-order valence-corrected chi connectivity index (χ4v) is 6.35. The molecule has 0 N–H and O–H groups in total. The van der Waals surface area contributed by atoms with Gasteiger partial charge in [-0.3, -0.25) is 0 Å². The van der Waals surface area contributed by atoms with E-state index in [9.17, 15) is 13.3 Å². The van der Waals surface area contributed by atoms with Crippen LogP contribution in [0.5, 0.6) is 28.7 Å². The van der Waals surface area contributed by atoms with Gasteiger partial charge in [0, 0.05) is 35.6 Å². The number of nitrogens with zero attached hydrogens (tertiary/aromatic N) is 2. The molecule has 5 aromatic rings. The molecule has 2 heterocycles. The number of hydrogen-bond donors (Lipinski definition) is 0. The molecular weight excluding hydrogens is 601 g/mol. The minimum absolute atomic E-state index is 0.251. The number of fused-ring (bicyclic) bond motifs is 2. The zero-order valence-electron chi connectivity index (χ0n) is 23.8. The van der Waals surface area contributed by atoms with Gasteiger partial charge in [-0.05, 0) is 97.1 Å². The largest absolute Gasteiger partial charge is 0.647 e. The minimum atomic E-state index is -4.31. The summed E-state index contributed by atoms with van der Waals surface area (Å²) in [6, 6.07) is 31.1. The van der Waals surface area contributed by atoms with Crippen molar-refractivity contribution in [3.05, 3.63) is 138 Å². The first-order valence-corrected chi connectivity index (χ1v) is 15.6. The highest BCUT2D eigenvalue weighted by Crippen LogP contribution is 2.51. The summed E-state index contributed by atoms with van der Waals surface area (Å²) >= 11 is 0. The topological polar surface area (TPSA) is 69.7 Å². The van der Waals surface area contributed by atoms with Crippen molar-refractivity contribution in [2.24, 2.45) is 0 Å². The van der Waals surface area contributed by atoms with Crippen molar-refractivity contribution in [3.63, 3.8) is 0 Å². The van der Waals surface area contributed by atoms with Gasteiger partial charge in [0.15, 0.2) is 13.5 Å². The number of phosphoric acid groups is 1. The van der Waals surface area contributed by atoms with E-state index in [0.717, 1.165) is 22.5 Å². The van der Waals surface area contributed by atoms with Crippen LogP contribution in [0.2, 0.25) is 0 Å². The van der Waals surface area contributed by atoms with E-state index in [4.69, 9.17) is 23.0 Å². The van der Waals surface area contributed by atoms with Gasteiger partial charge in [0.05, 0.1) is 0 Å². The molecule has 2 aliphatic heterocycles. The number of hydrogen-bond acceptors (Lipinski definition) is 8. The molecule has 8 nitrogen and oxygen atoms in total. The maximum Gasteiger partial charge on any atom is 0.647 e. The summed E-state index contributed by atoms with van der Waals surface area (Å²) in [6.45, 7) is 1.49. The van der Waals surface area contributed by atoms with Crippen LogP contribution in [-0.4, -0.2) is 13.5 Å². The van der Waals surface area contributed by atoms with Crippen molar-refractivity contribution in [2.45, 2.75) is 13.1 Å². The van der Waals surface area contributed by atoms with Crippen molar-refractivity contribution < 1.29 is 36.4 Å². The van der Waals surface area contributed by atoms with Gasteiger partial charge in [-0.15, -0.1) is 0 Å². The maximum absolute atomic E-state index is 14.3. The van der Waals surface area contributed by atoms with Crippen LogP contribution in [0.3, 0.4) is 0 Å². The number of rotatable bonds is 8. The highest BCUT2D eigenvalue weighted by Gasteiger charge is 2.34. The standard InChI is InChI=1S/C34H27F2N2O6P/c35-26-6-10-28(11-7-26)37-20-24-18-31(14-16-33(24)40-22-37)43-45(39,42-30-4-2-1-3-5-30)44-32-15-17-34-25(19-32)21-38(23-41-34)29-12-8-27(36)9-13-29/h1-19H,20-23H2. The first-order valence-electron chi connectivity index (χ1n) is 14.2. The molecule has 2 aliphatic rings. The lowest BCUT2D eigenvalue weighted by Gasteiger charge is -2.31. The number of para-hydroxylation sites is 1. The van der Waals surface area contributed by atoms with Gasteiger partial charge in [-0.25, -0.2) is 8.78 Å². The highest BCUT2D eigenvalue weighted by atomic mass is 31.2. The smallest absolute Gasteiger partial charge is 0.473 e. The molecule has 0 amide bonds. The summed E-state index contributed by atoms with van der Waals surface area (Å²) in [7, 11) is -4.31. The van der Waals surface area contributed by atoms with Crippen LogP contribution in [0.1, 0.15) is 11.1 Å². The first-order chi connectivity index (χ1) is 21.9. The van der Waals surface area contributed by atoms with E-state index in [1.54, 1.807) is 84.9 Å². The quantitative estimate of drug-likeness (QED) is 0.159. The predicted molar refractivity (Wildman–Crippen MR) is 165 cm³/mol. The zero-order valence-corrected chi connectivity index (χ0v) is 24.7. The summed E-state index contributed by atoms with van der Waals surface area (Å²) in [4.78, 5) is 3.87. The lowest BCUT2D eigenvalue weighted by atomic mass is 10.1. The van der Waals surface area contributed by atoms with Crippen molar-refractivity contribution in [1.82, 2.24) is 0 Å². The number of phosphoric ester groups is 1. The van der Waals surface area contributed by atoms with E-state index in [1.807, 2.05) is 15.9 Å². The third kappa shape index (κ3) is 6.51. The number of ether oxygens (including phenoxy) is 2. The fourth-order valence-electron chi connectivity index (χ4n) is 5.11. The number of benzene rings is 5. The molecule has 0 saturated carbocycles. The number of anilines is 2. The average Bonchev–Trinajstić information content (AvgIpc) is 3.05. The van der Waals surface area contributed by atoms with Crippen LogP contribution >= 0.6 is 7.82 Å². The molecule has 0 aliphatic carbocycles. The van der Waals surface area contributed by atoms with E-state index in [-0.39, 0.29) is 36.6 Å². The monoisotopic (exact) mass is 628 g/mol. The second-order valence-electron chi connectivity index (χ2n) is 10.5. The average molecular weight is 629 g/mol. The SMILES string of the molecule is O=P(Oc1ccccc1)(Oc1ccc2c(c1)CN(c1ccc(F)cc1)CO2)Oc1ccc2c(c1)CN(c1ccc(F)cc1)CO2. The molecule has 11 heteroatoms. The Hall–Kier alpha value is -5.21. The summed E-state index contributed by atoms with van der Waals surface area (Å²) in [6.07, 6.45) is 0. The van der Waals surface area contributed by atoms with Gasteiger partial charge in [-0.1, -0.05) is 18.2 Å². The van der Waals surface area contributed by atoms with Gasteiger partial charge >= 0.3 is 7.82 Å². The molecule has 0 radical (unpaired) electrons. The lowest BCUT2D eigenvalue weighted by Crippen LogP contribution is -2.31. The maximum atomic E-state index is 14.3. The Balaban J connectivity index is 1.14. The van der Waals surface area contributed by atoms with E-state index in [2.05, 4.69) is 0 Å². The molecular formula is C34H27F2N2O6P. The van der Waals surface area contributed by atoms with Crippen LogP contribution < -0.4 is 32.8 Å². The molecule has 0 saturated heterocycles. The van der Waals surface area contributed by atoms with Gasteiger partial charge < -0.3 is 32.8 Å². The molecule has 0 atom stereocenters. The Morgan fingerprint density at radius 3 is 1.47 bits per heavy atom. The second-order valence-corrected chi connectivity index (χ2v) is 11.9. The van der Waals surface area contributed by atoms with Gasteiger partial charge in [-0.2, -0.15) is 4.57 Å². The van der Waals surface area contributed by atoms with Crippen LogP contribution in [0.15, 0.2) is 115 Å². The Bertz CT molecular complexity index is 1750. The molecule has 228 valence electrons. The van der Waals surface area contributed by atoms with Crippen LogP contribution in [0, 0.1) is 11.6 Å². The minimum Gasteiger partial charge on any atom is -0.473 e. The number of halogens is 2. The molecule has 0 spiro atoms. The molecule has 0 bridgehead atoms. The third-order valence-corrected chi connectivity index (χ3v) is 8.62. The van der Waals surface area contributed by atoms with Crippen molar-refractivity contribution in [2.75, 3.05) is 23.3 Å². The second kappa shape index (κ2) is 12.1. The van der Waals surface area contributed by atoms with Crippen molar-refractivity contribution >= 4 is 19.2 Å². The third-order valence-electron chi connectivity index (χ3n) is 7.32. The summed E-state index contributed by atoms with van der Waals surface area (Å²) in [5, 5.41) is 0. The van der Waals surface area contributed by atoms with E-state index in [0.29, 0.717) is 30.3 Å². The predicted octanol–water partition coefficient (Wildman–Crippen LogP) is 8.32. The molecule has 0 aromatic heterocycles. The molecule has 5 aromatic carbocycles. The van der Waals surface area contributed by atoms with Gasteiger partial charge in [0.2, 0.25) is 0 Å². The van der Waals surface area contributed by atoms with Crippen LogP contribution in [-0.2, 0) is 17.7 Å². The van der Waals surface area contributed by atoms with E-state index < -0.39 is 7.82 Å². The Morgan fingerprint density at radius 2 is 1.00 bits per heavy atom. The highest BCUT2D eigenvalue weighted by molar-refractivity contribution is 7.49. The summed E-state index contributed by atoms with van der Waals surface area (Å²) < 4.78 is 70.8. The Kier molecular flexibility index (Phi) is 7.65. The van der Waals surface area contributed by atoms with Crippen LogP contribution in [0.25, 0.3) is 0 Å². The fraction of sp³-hybridized carbons (Fsp3) is 0.118. The van der Waals surface area contributed by atoms with Gasteiger partial charge in [0.1, 0.15) is 40.4 Å².